The van der Waals surface area contributed by atoms with Crippen molar-refractivity contribution < 1.29 is 13.9 Å². The predicted molar refractivity (Wildman–Crippen MR) is 110 cm³/mol. The number of piperazine rings is 1. The fraction of sp³-hybridized carbons (Fsp3) is 0.364. The van der Waals surface area contributed by atoms with Gasteiger partial charge in [0.25, 0.3) is 0 Å². The molecule has 152 valence electrons. The van der Waals surface area contributed by atoms with Crippen LogP contribution in [-0.4, -0.2) is 60.4 Å². The molecular formula is C22H26N4O3. The maximum atomic E-state index is 5.89. The number of methoxy groups -OCH3 is 2. The van der Waals surface area contributed by atoms with Gasteiger partial charge in [-0.05, 0) is 23.8 Å². The van der Waals surface area contributed by atoms with E-state index in [2.05, 4.69) is 50.3 Å². The van der Waals surface area contributed by atoms with Crippen LogP contribution in [0.5, 0.6) is 11.5 Å². The lowest BCUT2D eigenvalue weighted by atomic mass is 10.2. The molecule has 4 rings (SSSR count). The van der Waals surface area contributed by atoms with Gasteiger partial charge < -0.3 is 13.9 Å². The van der Waals surface area contributed by atoms with E-state index in [0.717, 1.165) is 38.3 Å². The summed E-state index contributed by atoms with van der Waals surface area (Å²) in [6.45, 7) is 5.71. The van der Waals surface area contributed by atoms with E-state index in [4.69, 9.17) is 13.9 Å². The Morgan fingerprint density at radius 2 is 1.52 bits per heavy atom. The van der Waals surface area contributed by atoms with Crippen molar-refractivity contribution in [3.63, 3.8) is 0 Å². The van der Waals surface area contributed by atoms with E-state index >= 15 is 0 Å². The van der Waals surface area contributed by atoms with Crippen molar-refractivity contribution in [2.45, 2.75) is 13.1 Å². The molecule has 0 radical (unpaired) electrons. The Labute approximate surface area is 170 Å². The van der Waals surface area contributed by atoms with E-state index in [-0.39, 0.29) is 0 Å². The minimum absolute atomic E-state index is 0.490. The maximum Gasteiger partial charge on any atom is 0.247 e. The molecule has 0 amide bonds. The van der Waals surface area contributed by atoms with Crippen molar-refractivity contribution in [2.24, 2.45) is 0 Å². The minimum atomic E-state index is 0.490. The first-order valence-corrected chi connectivity index (χ1v) is 9.78. The lowest BCUT2D eigenvalue weighted by molar-refractivity contribution is 0.114. The Morgan fingerprint density at radius 3 is 2.21 bits per heavy atom. The van der Waals surface area contributed by atoms with Gasteiger partial charge in [-0.1, -0.05) is 30.3 Å². The zero-order valence-electron chi connectivity index (χ0n) is 16.9. The summed E-state index contributed by atoms with van der Waals surface area (Å²) in [5.74, 6) is 2.43. The molecule has 29 heavy (non-hydrogen) atoms. The van der Waals surface area contributed by atoms with E-state index < -0.39 is 0 Å². The van der Waals surface area contributed by atoms with Gasteiger partial charge in [0.05, 0.1) is 20.8 Å². The predicted octanol–water partition coefficient (Wildman–Crippen LogP) is 3.07. The van der Waals surface area contributed by atoms with Crippen LogP contribution in [-0.2, 0) is 13.1 Å². The SMILES string of the molecule is COc1ccc(-c2nnc(CN3CCN(Cc4ccccc4)CC3)o2)cc1OC. The molecule has 7 heteroatoms. The normalized spacial score (nSPS) is 15.4. The second-order valence-corrected chi connectivity index (χ2v) is 7.11. The summed E-state index contributed by atoms with van der Waals surface area (Å²) in [6, 6.07) is 16.2. The Bertz CT molecular complexity index is 921. The molecule has 0 spiro atoms. The van der Waals surface area contributed by atoms with Gasteiger partial charge in [0.1, 0.15) is 0 Å². The highest BCUT2D eigenvalue weighted by Crippen LogP contribution is 2.31. The van der Waals surface area contributed by atoms with Crippen molar-refractivity contribution >= 4 is 0 Å². The number of ether oxygens (including phenoxy) is 2. The molecule has 1 aliphatic heterocycles. The van der Waals surface area contributed by atoms with E-state index in [1.165, 1.54) is 5.56 Å². The Kier molecular flexibility index (Phi) is 6.07. The molecule has 1 aliphatic rings. The molecule has 1 saturated heterocycles. The Balaban J connectivity index is 1.33. The summed E-state index contributed by atoms with van der Waals surface area (Å²) in [5, 5.41) is 8.43. The first-order chi connectivity index (χ1) is 14.2. The monoisotopic (exact) mass is 394 g/mol. The number of nitrogens with zero attached hydrogens (tertiary/aromatic N) is 4. The van der Waals surface area contributed by atoms with Crippen LogP contribution in [0.25, 0.3) is 11.5 Å². The number of hydrogen-bond acceptors (Lipinski definition) is 7. The van der Waals surface area contributed by atoms with Crippen LogP contribution in [0.15, 0.2) is 52.9 Å². The van der Waals surface area contributed by atoms with E-state index in [9.17, 15) is 0 Å². The molecule has 3 aromatic rings. The fourth-order valence-corrected chi connectivity index (χ4v) is 3.54. The largest absolute Gasteiger partial charge is 0.493 e. The second kappa shape index (κ2) is 9.07. The molecule has 0 bridgehead atoms. The third-order valence-corrected chi connectivity index (χ3v) is 5.17. The Hall–Kier alpha value is -2.90. The van der Waals surface area contributed by atoms with Gasteiger partial charge in [0, 0.05) is 38.3 Å². The van der Waals surface area contributed by atoms with Gasteiger partial charge in [-0.25, -0.2) is 0 Å². The average molecular weight is 394 g/mol. The van der Waals surface area contributed by atoms with Gasteiger partial charge in [0.15, 0.2) is 11.5 Å². The number of aromatic nitrogens is 2. The standard InChI is InChI=1S/C22H26N4O3/c1-27-19-9-8-18(14-20(19)28-2)22-24-23-21(29-22)16-26-12-10-25(11-13-26)15-17-6-4-3-5-7-17/h3-9,14H,10-13,15-16H2,1-2H3. The fourth-order valence-electron chi connectivity index (χ4n) is 3.54. The van der Waals surface area contributed by atoms with E-state index in [1.807, 2.05) is 18.2 Å². The zero-order chi connectivity index (χ0) is 20.1. The summed E-state index contributed by atoms with van der Waals surface area (Å²) in [4.78, 5) is 4.84. The highest BCUT2D eigenvalue weighted by Gasteiger charge is 2.20. The number of rotatable bonds is 7. The van der Waals surface area contributed by atoms with Crippen LogP contribution in [0.3, 0.4) is 0 Å². The number of hydrogen-bond donors (Lipinski definition) is 0. The van der Waals surface area contributed by atoms with Crippen molar-refractivity contribution in [3.8, 4) is 23.0 Å². The van der Waals surface area contributed by atoms with Crippen molar-refractivity contribution in [2.75, 3.05) is 40.4 Å². The first kappa shape index (κ1) is 19.4. The maximum absolute atomic E-state index is 5.89. The average Bonchev–Trinajstić information content (AvgIpc) is 3.24. The molecule has 0 saturated carbocycles. The van der Waals surface area contributed by atoms with Crippen LogP contribution in [0.1, 0.15) is 11.5 Å². The lowest BCUT2D eigenvalue weighted by Crippen LogP contribution is -2.45. The zero-order valence-corrected chi connectivity index (χ0v) is 16.9. The summed E-state index contributed by atoms with van der Waals surface area (Å²) < 4.78 is 16.5. The van der Waals surface area contributed by atoms with Gasteiger partial charge in [-0.3, -0.25) is 9.80 Å². The van der Waals surface area contributed by atoms with E-state index in [1.54, 1.807) is 14.2 Å². The molecule has 2 heterocycles. The quantitative estimate of drug-likeness (QED) is 0.610. The van der Waals surface area contributed by atoms with Gasteiger partial charge >= 0.3 is 0 Å². The third kappa shape index (κ3) is 4.75. The van der Waals surface area contributed by atoms with E-state index in [0.29, 0.717) is 29.8 Å². The third-order valence-electron chi connectivity index (χ3n) is 5.17. The van der Waals surface area contributed by atoms with Crippen molar-refractivity contribution in [1.29, 1.82) is 0 Å². The van der Waals surface area contributed by atoms with Crippen LogP contribution in [0.4, 0.5) is 0 Å². The van der Waals surface area contributed by atoms with Crippen LogP contribution >= 0.6 is 0 Å². The smallest absolute Gasteiger partial charge is 0.247 e. The molecule has 2 aromatic carbocycles. The molecular weight excluding hydrogens is 368 g/mol. The van der Waals surface area contributed by atoms with Crippen LogP contribution in [0.2, 0.25) is 0 Å². The van der Waals surface area contributed by atoms with Crippen LogP contribution in [0, 0.1) is 0 Å². The molecule has 0 aliphatic carbocycles. The molecule has 1 fully saturated rings. The summed E-state index contributed by atoms with van der Waals surface area (Å²) in [5.41, 5.74) is 2.17. The molecule has 7 nitrogen and oxygen atoms in total. The molecule has 1 aromatic heterocycles. The lowest BCUT2D eigenvalue weighted by Gasteiger charge is -2.33. The molecule has 0 atom stereocenters. The van der Waals surface area contributed by atoms with Gasteiger partial charge in [-0.2, -0.15) is 0 Å². The summed E-state index contributed by atoms with van der Waals surface area (Å²) in [7, 11) is 3.22. The highest BCUT2D eigenvalue weighted by molar-refractivity contribution is 5.59. The number of benzene rings is 2. The topological polar surface area (TPSA) is 63.9 Å². The summed E-state index contributed by atoms with van der Waals surface area (Å²) in [6.07, 6.45) is 0. The first-order valence-electron chi connectivity index (χ1n) is 9.78. The molecule has 0 unspecified atom stereocenters. The van der Waals surface area contributed by atoms with Gasteiger partial charge in [-0.15, -0.1) is 10.2 Å². The van der Waals surface area contributed by atoms with Crippen molar-refractivity contribution in [3.05, 3.63) is 60.0 Å². The summed E-state index contributed by atoms with van der Waals surface area (Å²) >= 11 is 0. The minimum Gasteiger partial charge on any atom is -0.493 e. The van der Waals surface area contributed by atoms with Crippen LogP contribution < -0.4 is 9.47 Å². The Morgan fingerprint density at radius 1 is 0.828 bits per heavy atom. The highest BCUT2D eigenvalue weighted by atomic mass is 16.5. The van der Waals surface area contributed by atoms with Gasteiger partial charge in [0.2, 0.25) is 11.8 Å². The molecule has 0 N–H and O–H groups in total. The second-order valence-electron chi connectivity index (χ2n) is 7.11. The van der Waals surface area contributed by atoms with Crippen molar-refractivity contribution in [1.82, 2.24) is 20.0 Å².